The van der Waals surface area contributed by atoms with Gasteiger partial charge in [0, 0.05) is 6.61 Å². The van der Waals surface area contributed by atoms with Crippen LogP contribution < -0.4 is 4.74 Å². The number of allylic oxidation sites excluding steroid dienone is 2. The first-order chi connectivity index (χ1) is 18.6. The molecule has 0 aliphatic heterocycles. The molecule has 0 radical (unpaired) electrons. The molecule has 1 aromatic carbocycles. The molecule has 3 aliphatic rings. The van der Waals surface area contributed by atoms with Crippen molar-refractivity contribution in [2.75, 3.05) is 13.2 Å². The third-order valence-corrected chi connectivity index (χ3v) is 9.94. The number of benzene rings is 1. The van der Waals surface area contributed by atoms with Gasteiger partial charge in [-0.05, 0) is 132 Å². The average molecular weight is 531 g/mol. The lowest BCUT2D eigenvalue weighted by atomic mass is 9.69. The zero-order valence-electron chi connectivity index (χ0n) is 24.1. The lowest BCUT2D eigenvalue weighted by Gasteiger charge is -2.38. The van der Waals surface area contributed by atoms with E-state index in [4.69, 9.17) is 9.47 Å². The summed E-state index contributed by atoms with van der Waals surface area (Å²) in [5, 5.41) is 0. The van der Waals surface area contributed by atoms with E-state index in [-0.39, 0.29) is 17.8 Å². The minimum atomic E-state index is -0.829. The van der Waals surface area contributed by atoms with Crippen LogP contribution in [0.3, 0.4) is 0 Å². The van der Waals surface area contributed by atoms with Crippen molar-refractivity contribution in [1.82, 2.24) is 0 Å². The van der Waals surface area contributed by atoms with Gasteiger partial charge in [-0.3, -0.25) is 0 Å². The van der Waals surface area contributed by atoms with Crippen LogP contribution in [-0.4, -0.2) is 19.3 Å². The quantitative estimate of drug-likeness (QED) is 0.198. The van der Waals surface area contributed by atoms with Crippen molar-refractivity contribution in [2.45, 2.75) is 129 Å². The molecule has 0 amide bonds. The van der Waals surface area contributed by atoms with Crippen LogP contribution in [0.15, 0.2) is 24.3 Å². The minimum absolute atomic E-state index is 0.0409. The summed E-state index contributed by atoms with van der Waals surface area (Å²) in [7, 11) is 0. The summed E-state index contributed by atoms with van der Waals surface area (Å²) < 4.78 is 41.2. The second kappa shape index (κ2) is 15.4. The molecule has 0 unspecified atom stereocenters. The van der Waals surface area contributed by atoms with Crippen molar-refractivity contribution < 1.29 is 18.3 Å². The van der Waals surface area contributed by atoms with E-state index in [1.165, 1.54) is 64.2 Å². The van der Waals surface area contributed by atoms with Gasteiger partial charge in [0.1, 0.15) is 0 Å². The molecular weight excluding hydrogens is 478 g/mol. The summed E-state index contributed by atoms with van der Waals surface area (Å²) in [6.07, 6.45) is 24.0. The Morgan fingerprint density at radius 2 is 1.47 bits per heavy atom. The van der Waals surface area contributed by atoms with Crippen LogP contribution in [0, 0.1) is 35.3 Å². The summed E-state index contributed by atoms with van der Waals surface area (Å²) in [6.45, 7) is 5.48. The fourth-order valence-corrected chi connectivity index (χ4v) is 7.39. The van der Waals surface area contributed by atoms with Crippen molar-refractivity contribution in [3.63, 3.8) is 0 Å². The number of unbranched alkanes of at least 4 members (excludes halogenated alkanes) is 1. The maximum Gasteiger partial charge on any atom is 0.200 e. The van der Waals surface area contributed by atoms with Crippen molar-refractivity contribution in [3.05, 3.63) is 41.5 Å². The molecule has 0 aromatic heterocycles. The lowest BCUT2D eigenvalue weighted by Crippen LogP contribution is -2.29. The van der Waals surface area contributed by atoms with Gasteiger partial charge in [-0.1, -0.05) is 44.4 Å². The van der Waals surface area contributed by atoms with Gasteiger partial charge in [-0.2, -0.15) is 4.39 Å². The maximum absolute atomic E-state index is 14.8. The first kappa shape index (κ1) is 29.6. The smallest absolute Gasteiger partial charge is 0.200 e. The lowest BCUT2D eigenvalue weighted by molar-refractivity contribution is -0.00790. The zero-order valence-corrected chi connectivity index (χ0v) is 24.1. The highest BCUT2D eigenvalue weighted by atomic mass is 19.2. The monoisotopic (exact) mass is 530 g/mol. The molecule has 4 heteroatoms. The second-order valence-corrected chi connectivity index (χ2v) is 12.5. The van der Waals surface area contributed by atoms with Crippen LogP contribution in [0.5, 0.6) is 5.75 Å². The molecule has 3 saturated carbocycles. The molecule has 3 aliphatic carbocycles. The van der Waals surface area contributed by atoms with Gasteiger partial charge in [0.25, 0.3) is 0 Å². The Kier molecular flexibility index (Phi) is 12.0. The number of hydrogen-bond donors (Lipinski definition) is 0. The van der Waals surface area contributed by atoms with Gasteiger partial charge in [-0.15, -0.1) is 0 Å². The van der Waals surface area contributed by atoms with E-state index in [0.717, 1.165) is 62.9 Å². The van der Waals surface area contributed by atoms with E-state index < -0.39 is 11.6 Å². The molecule has 38 heavy (non-hydrogen) atoms. The molecule has 0 saturated heterocycles. The van der Waals surface area contributed by atoms with E-state index in [1.54, 1.807) is 12.1 Å². The van der Waals surface area contributed by atoms with Gasteiger partial charge >= 0.3 is 0 Å². The number of halogens is 2. The van der Waals surface area contributed by atoms with Crippen LogP contribution in [-0.2, 0) is 4.74 Å². The summed E-state index contributed by atoms with van der Waals surface area (Å²) in [5.41, 5.74) is 0.508. The molecule has 0 heterocycles. The van der Waals surface area contributed by atoms with Crippen LogP contribution in [0.4, 0.5) is 8.78 Å². The largest absolute Gasteiger partial charge is 0.490 e. The van der Waals surface area contributed by atoms with Crippen molar-refractivity contribution in [2.24, 2.45) is 23.7 Å². The molecule has 214 valence electrons. The number of rotatable bonds is 12. The summed E-state index contributed by atoms with van der Waals surface area (Å²) >= 11 is 0. The second-order valence-electron chi connectivity index (χ2n) is 12.5. The van der Waals surface area contributed by atoms with Gasteiger partial charge in [0.15, 0.2) is 11.6 Å². The fraction of sp³-hybridized carbons (Fsp3) is 0.765. The molecule has 0 atom stereocenters. The van der Waals surface area contributed by atoms with E-state index >= 15 is 0 Å². The average Bonchev–Trinajstić information content (AvgIpc) is 2.96. The summed E-state index contributed by atoms with van der Waals surface area (Å²) in [5.74, 6) is 2.13. The van der Waals surface area contributed by atoms with Crippen molar-refractivity contribution >= 4 is 0 Å². The highest BCUT2D eigenvalue weighted by Gasteiger charge is 2.32. The number of ether oxygens (including phenoxy) is 2. The van der Waals surface area contributed by atoms with E-state index in [9.17, 15) is 8.78 Å². The normalized spacial score (nSPS) is 30.5. The maximum atomic E-state index is 14.8. The molecule has 0 bridgehead atoms. The first-order valence-corrected chi connectivity index (χ1v) is 15.9. The standard InChI is InChI=1S/C34H52F2O2/c1-3-5-7-8-25-9-13-27(14-10-25)28-15-11-26(12-16-28)24-38-30-19-17-29(18-20-30)31-21-22-32(34(36)33(31)35)37-23-6-4-2/h3,5,21-22,25-30H,4,6-20,23-24H2,1-2H3/b5-3+. The van der Waals surface area contributed by atoms with Crippen LogP contribution >= 0.6 is 0 Å². The van der Waals surface area contributed by atoms with E-state index in [0.29, 0.717) is 18.1 Å². The Morgan fingerprint density at radius 3 is 2.11 bits per heavy atom. The van der Waals surface area contributed by atoms with Gasteiger partial charge in [0.05, 0.1) is 12.7 Å². The Balaban J connectivity index is 1.12. The topological polar surface area (TPSA) is 18.5 Å². The van der Waals surface area contributed by atoms with E-state index in [2.05, 4.69) is 19.1 Å². The van der Waals surface area contributed by atoms with Crippen molar-refractivity contribution in [1.29, 1.82) is 0 Å². The molecule has 2 nitrogen and oxygen atoms in total. The first-order valence-electron chi connectivity index (χ1n) is 15.9. The van der Waals surface area contributed by atoms with Gasteiger partial charge < -0.3 is 9.47 Å². The van der Waals surface area contributed by atoms with Gasteiger partial charge in [-0.25, -0.2) is 4.39 Å². The fourth-order valence-electron chi connectivity index (χ4n) is 7.39. The molecule has 0 N–H and O–H groups in total. The molecule has 3 fully saturated rings. The van der Waals surface area contributed by atoms with E-state index in [1.807, 2.05) is 6.92 Å². The van der Waals surface area contributed by atoms with Crippen LogP contribution in [0.25, 0.3) is 0 Å². The summed E-state index contributed by atoms with van der Waals surface area (Å²) in [4.78, 5) is 0. The Bertz CT molecular complexity index is 844. The Morgan fingerprint density at radius 1 is 0.816 bits per heavy atom. The molecular formula is C34H52F2O2. The Labute approximate surface area is 231 Å². The minimum Gasteiger partial charge on any atom is -0.490 e. The van der Waals surface area contributed by atoms with Crippen LogP contribution in [0.1, 0.15) is 128 Å². The molecule has 4 rings (SSSR count). The van der Waals surface area contributed by atoms with Gasteiger partial charge in [0.2, 0.25) is 5.82 Å². The highest BCUT2D eigenvalue weighted by molar-refractivity contribution is 5.33. The SMILES string of the molecule is C/C=C/CCC1CCC(C2CCC(COC3CCC(c4ccc(OCCCC)c(F)c4F)CC3)CC2)CC1. The third kappa shape index (κ3) is 8.29. The predicted molar refractivity (Wildman–Crippen MR) is 153 cm³/mol. The Hall–Kier alpha value is -1.42. The predicted octanol–water partition coefficient (Wildman–Crippen LogP) is 10.2. The molecule has 0 spiro atoms. The summed E-state index contributed by atoms with van der Waals surface area (Å²) in [6, 6.07) is 3.35. The highest BCUT2D eigenvalue weighted by Crippen LogP contribution is 2.43. The number of hydrogen-bond acceptors (Lipinski definition) is 2. The zero-order chi connectivity index (χ0) is 26.7. The van der Waals surface area contributed by atoms with Crippen LogP contribution in [0.2, 0.25) is 0 Å². The van der Waals surface area contributed by atoms with Crippen molar-refractivity contribution in [3.8, 4) is 5.75 Å². The molecule has 1 aromatic rings. The third-order valence-electron chi connectivity index (χ3n) is 9.94.